The van der Waals surface area contributed by atoms with Crippen LogP contribution in [0.15, 0.2) is 48.5 Å². The molecule has 0 aromatic heterocycles. The summed E-state index contributed by atoms with van der Waals surface area (Å²) in [6, 6.07) is 14.2. The van der Waals surface area contributed by atoms with Crippen LogP contribution in [-0.4, -0.2) is 54.3 Å². The van der Waals surface area contributed by atoms with Crippen LogP contribution in [0.1, 0.15) is 21.5 Å². The summed E-state index contributed by atoms with van der Waals surface area (Å²) in [6.07, 6.45) is 0. The topological polar surface area (TPSA) is 76.4 Å². The minimum atomic E-state index is -0.356. The Bertz CT molecular complexity index is 869. The quantitative estimate of drug-likeness (QED) is 0.858. The molecule has 0 bridgehead atoms. The van der Waals surface area contributed by atoms with Gasteiger partial charge in [-0.1, -0.05) is 12.1 Å². The van der Waals surface area contributed by atoms with Crippen molar-refractivity contribution in [2.75, 3.05) is 32.7 Å². The van der Waals surface area contributed by atoms with Crippen molar-refractivity contribution in [2.45, 2.75) is 6.54 Å². The van der Waals surface area contributed by atoms with Gasteiger partial charge in [-0.25, -0.2) is 4.39 Å². The number of rotatable bonds is 5. The number of carbonyl (C=O) groups is 2. The molecule has 1 N–H and O–H groups in total. The molecule has 0 unspecified atom stereocenters. The average molecular weight is 380 g/mol. The SMILES string of the molecule is N#Cc1ccc(C(=O)N(CC(=O)N2CCNCC2)Cc2ccc(F)cc2)cc1. The van der Waals surface area contributed by atoms with Gasteiger partial charge in [0.15, 0.2) is 0 Å². The molecule has 6 nitrogen and oxygen atoms in total. The standard InChI is InChI=1S/C21H21FN4O2/c22-19-7-3-17(4-8-19)14-26(15-20(27)25-11-9-24-10-12-25)21(28)18-5-1-16(13-23)2-6-18/h1-8,24H,9-12,14-15H2. The molecule has 0 spiro atoms. The van der Waals surface area contributed by atoms with Gasteiger partial charge in [0.2, 0.25) is 5.91 Å². The predicted molar refractivity (Wildman–Crippen MR) is 102 cm³/mol. The van der Waals surface area contributed by atoms with Crippen LogP contribution in [0.25, 0.3) is 0 Å². The van der Waals surface area contributed by atoms with Gasteiger partial charge in [-0.3, -0.25) is 9.59 Å². The number of hydrogen-bond acceptors (Lipinski definition) is 4. The van der Waals surface area contributed by atoms with E-state index in [0.717, 1.165) is 18.7 Å². The third kappa shape index (κ3) is 4.93. The number of benzene rings is 2. The van der Waals surface area contributed by atoms with Crippen LogP contribution >= 0.6 is 0 Å². The van der Waals surface area contributed by atoms with Crippen molar-refractivity contribution in [1.29, 1.82) is 5.26 Å². The summed E-state index contributed by atoms with van der Waals surface area (Å²) in [5.74, 6) is -0.784. The maximum Gasteiger partial charge on any atom is 0.254 e. The Labute approximate surface area is 163 Å². The van der Waals surface area contributed by atoms with Gasteiger partial charge < -0.3 is 15.1 Å². The Balaban J connectivity index is 1.79. The number of nitrogens with zero attached hydrogens (tertiary/aromatic N) is 3. The van der Waals surface area contributed by atoms with E-state index < -0.39 is 0 Å². The third-order valence-electron chi connectivity index (χ3n) is 4.63. The summed E-state index contributed by atoms with van der Waals surface area (Å²) < 4.78 is 13.2. The van der Waals surface area contributed by atoms with Gasteiger partial charge in [0.05, 0.1) is 11.6 Å². The molecule has 2 aromatic rings. The number of hydrogen-bond donors (Lipinski definition) is 1. The van der Waals surface area contributed by atoms with Crippen molar-refractivity contribution >= 4 is 11.8 Å². The third-order valence-corrected chi connectivity index (χ3v) is 4.63. The largest absolute Gasteiger partial charge is 0.339 e. The molecule has 0 atom stereocenters. The molecule has 144 valence electrons. The van der Waals surface area contributed by atoms with Crippen molar-refractivity contribution in [2.24, 2.45) is 0 Å². The maximum atomic E-state index is 13.2. The normalized spacial score (nSPS) is 13.6. The molecular formula is C21H21FN4O2. The highest BCUT2D eigenvalue weighted by Crippen LogP contribution is 2.13. The molecule has 0 saturated carbocycles. The van der Waals surface area contributed by atoms with Crippen molar-refractivity contribution in [3.8, 4) is 6.07 Å². The summed E-state index contributed by atoms with van der Waals surface area (Å²) in [4.78, 5) is 28.9. The number of carbonyl (C=O) groups excluding carboxylic acids is 2. The summed E-state index contributed by atoms with van der Waals surface area (Å²) >= 11 is 0. The molecule has 0 aliphatic carbocycles. The van der Waals surface area contributed by atoms with Gasteiger partial charge in [0, 0.05) is 38.3 Å². The lowest BCUT2D eigenvalue weighted by atomic mass is 10.1. The van der Waals surface area contributed by atoms with E-state index in [1.807, 2.05) is 6.07 Å². The van der Waals surface area contributed by atoms with E-state index in [-0.39, 0.29) is 30.7 Å². The molecule has 2 aromatic carbocycles. The smallest absolute Gasteiger partial charge is 0.254 e. The lowest BCUT2D eigenvalue weighted by molar-refractivity contribution is -0.132. The van der Waals surface area contributed by atoms with Gasteiger partial charge in [0.25, 0.3) is 5.91 Å². The van der Waals surface area contributed by atoms with Crippen molar-refractivity contribution in [3.63, 3.8) is 0 Å². The number of nitriles is 1. The first-order valence-electron chi connectivity index (χ1n) is 9.09. The molecule has 1 heterocycles. The summed E-state index contributed by atoms with van der Waals surface area (Å²) in [5, 5.41) is 12.1. The van der Waals surface area contributed by atoms with E-state index in [1.165, 1.54) is 17.0 Å². The second-order valence-corrected chi connectivity index (χ2v) is 6.61. The number of piperazine rings is 1. The van der Waals surface area contributed by atoms with Gasteiger partial charge in [-0.05, 0) is 42.0 Å². The van der Waals surface area contributed by atoms with Crippen LogP contribution in [0.5, 0.6) is 0 Å². The van der Waals surface area contributed by atoms with Gasteiger partial charge >= 0.3 is 0 Å². The van der Waals surface area contributed by atoms with Crippen LogP contribution in [0, 0.1) is 17.1 Å². The molecule has 1 fully saturated rings. The first-order chi connectivity index (χ1) is 13.6. The molecule has 0 radical (unpaired) electrons. The Morgan fingerprint density at radius 3 is 2.32 bits per heavy atom. The molecule has 1 saturated heterocycles. The van der Waals surface area contributed by atoms with Crippen molar-refractivity contribution in [1.82, 2.24) is 15.1 Å². The van der Waals surface area contributed by atoms with E-state index in [0.29, 0.717) is 24.2 Å². The molecule has 28 heavy (non-hydrogen) atoms. The van der Waals surface area contributed by atoms with Gasteiger partial charge in [-0.15, -0.1) is 0 Å². The van der Waals surface area contributed by atoms with E-state index in [1.54, 1.807) is 41.3 Å². The Hall–Kier alpha value is -3.24. The lowest BCUT2D eigenvalue weighted by Crippen LogP contribution is -2.50. The van der Waals surface area contributed by atoms with Gasteiger partial charge in [-0.2, -0.15) is 5.26 Å². The molecule has 1 aliphatic rings. The van der Waals surface area contributed by atoms with Crippen LogP contribution in [0.2, 0.25) is 0 Å². The first-order valence-corrected chi connectivity index (χ1v) is 9.09. The molecule has 2 amide bonds. The van der Waals surface area contributed by atoms with E-state index in [2.05, 4.69) is 5.32 Å². The Morgan fingerprint density at radius 1 is 1.07 bits per heavy atom. The van der Waals surface area contributed by atoms with Gasteiger partial charge in [0.1, 0.15) is 12.4 Å². The fourth-order valence-electron chi connectivity index (χ4n) is 3.06. The Morgan fingerprint density at radius 2 is 1.71 bits per heavy atom. The molecular weight excluding hydrogens is 359 g/mol. The highest BCUT2D eigenvalue weighted by molar-refractivity contribution is 5.96. The number of halogens is 1. The van der Waals surface area contributed by atoms with E-state index in [9.17, 15) is 14.0 Å². The second kappa shape index (κ2) is 9.11. The lowest BCUT2D eigenvalue weighted by Gasteiger charge is -2.30. The maximum absolute atomic E-state index is 13.2. The zero-order valence-electron chi connectivity index (χ0n) is 15.4. The summed E-state index contributed by atoms with van der Waals surface area (Å²) in [6.45, 7) is 2.80. The Kier molecular flexibility index (Phi) is 6.35. The van der Waals surface area contributed by atoms with Crippen molar-refractivity contribution in [3.05, 3.63) is 71.0 Å². The number of amides is 2. The molecule has 1 aliphatic heterocycles. The minimum absolute atomic E-state index is 0.0593. The minimum Gasteiger partial charge on any atom is -0.339 e. The number of nitrogens with one attached hydrogen (secondary N) is 1. The fourth-order valence-corrected chi connectivity index (χ4v) is 3.06. The van der Waals surface area contributed by atoms with E-state index in [4.69, 9.17) is 5.26 Å². The first kappa shape index (κ1) is 19.5. The predicted octanol–water partition coefficient (Wildman–Crippen LogP) is 1.77. The van der Waals surface area contributed by atoms with Crippen molar-refractivity contribution < 1.29 is 14.0 Å². The van der Waals surface area contributed by atoms with E-state index >= 15 is 0 Å². The second-order valence-electron chi connectivity index (χ2n) is 6.61. The van der Waals surface area contributed by atoms with Crippen LogP contribution < -0.4 is 5.32 Å². The fraction of sp³-hybridized carbons (Fsp3) is 0.286. The van der Waals surface area contributed by atoms with Crippen LogP contribution in [0.3, 0.4) is 0 Å². The monoisotopic (exact) mass is 380 g/mol. The average Bonchev–Trinajstić information content (AvgIpc) is 2.75. The molecule has 7 heteroatoms. The highest BCUT2D eigenvalue weighted by Gasteiger charge is 2.23. The highest BCUT2D eigenvalue weighted by atomic mass is 19.1. The van der Waals surface area contributed by atoms with Crippen LogP contribution in [-0.2, 0) is 11.3 Å². The zero-order chi connectivity index (χ0) is 19.9. The zero-order valence-corrected chi connectivity index (χ0v) is 15.4. The van der Waals surface area contributed by atoms with Crippen LogP contribution in [0.4, 0.5) is 4.39 Å². The summed E-state index contributed by atoms with van der Waals surface area (Å²) in [5.41, 5.74) is 1.59. The summed E-state index contributed by atoms with van der Waals surface area (Å²) in [7, 11) is 0. The molecule has 3 rings (SSSR count).